The van der Waals surface area contributed by atoms with Crippen LogP contribution in [0.5, 0.6) is 0 Å². The molecule has 1 aliphatic rings. The van der Waals surface area contributed by atoms with Gasteiger partial charge in [0.2, 0.25) is 5.91 Å². The van der Waals surface area contributed by atoms with Gasteiger partial charge in [0.15, 0.2) is 0 Å². The molecule has 1 aliphatic heterocycles. The summed E-state index contributed by atoms with van der Waals surface area (Å²) in [6, 6.07) is 18.9. The number of hydrogen-bond acceptors (Lipinski definition) is 4. The number of nitrogens with zero attached hydrogens (tertiary/aromatic N) is 3. The van der Waals surface area contributed by atoms with Crippen molar-refractivity contribution in [2.45, 2.75) is 25.9 Å². The molecule has 4 rings (SSSR count). The number of carbonyl (C=O) groups excluding carboxylic acids is 2. The molecule has 0 radical (unpaired) electrons. The van der Waals surface area contributed by atoms with Crippen LogP contribution in [0.2, 0.25) is 0 Å². The van der Waals surface area contributed by atoms with Gasteiger partial charge in [-0.2, -0.15) is 0 Å². The number of benzene rings is 2. The van der Waals surface area contributed by atoms with Gasteiger partial charge in [-0.1, -0.05) is 24.3 Å². The third-order valence-electron chi connectivity index (χ3n) is 5.52. The van der Waals surface area contributed by atoms with E-state index >= 15 is 0 Å². The second-order valence-corrected chi connectivity index (χ2v) is 8.01. The maximum atomic E-state index is 13.1. The molecule has 0 spiro atoms. The minimum Gasteiger partial charge on any atom is -0.378 e. The summed E-state index contributed by atoms with van der Waals surface area (Å²) in [4.78, 5) is 34.1. The first-order valence-corrected chi connectivity index (χ1v) is 10.3. The molecule has 0 bridgehead atoms. The molecule has 158 valence electrons. The third kappa shape index (κ3) is 4.28. The standard InChI is InChI=1S/C25H26N4O2/c1-17-6-4-7-20(14-17)29-22(24-21(25(29)31)8-5-13-26-24)15-23(30)27-16-18-9-11-19(12-10-18)28(2)3/h4-14,22H,15-16H2,1-3H3,(H,27,30). The topological polar surface area (TPSA) is 65.5 Å². The van der Waals surface area contributed by atoms with Crippen molar-refractivity contribution in [3.05, 3.63) is 89.2 Å². The Morgan fingerprint density at radius 2 is 1.87 bits per heavy atom. The van der Waals surface area contributed by atoms with Crippen molar-refractivity contribution in [3.8, 4) is 0 Å². The highest BCUT2D eigenvalue weighted by Crippen LogP contribution is 2.38. The van der Waals surface area contributed by atoms with Gasteiger partial charge in [-0.3, -0.25) is 19.5 Å². The SMILES string of the molecule is Cc1cccc(N2C(=O)c3cccnc3C2CC(=O)NCc2ccc(N(C)C)cc2)c1. The van der Waals surface area contributed by atoms with Crippen molar-refractivity contribution < 1.29 is 9.59 Å². The Hall–Kier alpha value is -3.67. The number of nitrogens with one attached hydrogen (secondary N) is 1. The molecular formula is C25H26N4O2. The molecule has 2 amide bonds. The molecular weight excluding hydrogens is 388 g/mol. The first kappa shape index (κ1) is 20.6. The highest BCUT2D eigenvalue weighted by atomic mass is 16.2. The Bertz CT molecular complexity index is 1110. The molecule has 2 aromatic carbocycles. The van der Waals surface area contributed by atoms with Crippen molar-refractivity contribution >= 4 is 23.2 Å². The molecule has 0 saturated carbocycles. The molecule has 6 heteroatoms. The highest BCUT2D eigenvalue weighted by molar-refractivity contribution is 6.11. The van der Waals surface area contributed by atoms with E-state index in [4.69, 9.17) is 0 Å². The van der Waals surface area contributed by atoms with Crippen LogP contribution < -0.4 is 15.1 Å². The molecule has 2 heterocycles. The Balaban J connectivity index is 1.51. The van der Waals surface area contributed by atoms with Crippen LogP contribution in [0.4, 0.5) is 11.4 Å². The van der Waals surface area contributed by atoms with Crippen molar-refractivity contribution in [2.24, 2.45) is 0 Å². The molecule has 1 atom stereocenters. The zero-order chi connectivity index (χ0) is 22.0. The maximum absolute atomic E-state index is 13.1. The molecule has 1 N–H and O–H groups in total. The smallest absolute Gasteiger partial charge is 0.260 e. The average molecular weight is 415 g/mol. The summed E-state index contributed by atoms with van der Waals surface area (Å²) in [6.07, 6.45) is 1.82. The average Bonchev–Trinajstić information content (AvgIpc) is 3.04. The summed E-state index contributed by atoms with van der Waals surface area (Å²) < 4.78 is 0. The molecule has 6 nitrogen and oxygen atoms in total. The van der Waals surface area contributed by atoms with Crippen LogP contribution in [-0.2, 0) is 11.3 Å². The lowest BCUT2D eigenvalue weighted by molar-refractivity contribution is -0.121. The molecule has 1 unspecified atom stereocenters. The van der Waals surface area contributed by atoms with Crippen LogP contribution in [0.1, 0.15) is 39.6 Å². The van der Waals surface area contributed by atoms with E-state index in [9.17, 15) is 9.59 Å². The third-order valence-corrected chi connectivity index (χ3v) is 5.52. The van der Waals surface area contributed by atoms with Crippen LogP contribution in [0, 0.1) is 6.92 Å². The number of hydrogen-bond donors (Lipinski definition) is 1. The van der Waals surface area contributed by atoms with E-state index in [1.54, 1.807) is 23.2 Å². The Morgan fingerprint density at radius 3 is 2.58 bits per heavy atom. The zero-order valence-electron chi connectivity index (χ0n) is 18.0. The lowest BCUT2D eigenvalue weighted by atomic mass is 10.1. The Kier molecular flexibility index (Phi) is 5.71. The Labute approximate surface area is 182 Å². The summed E-state index contributed by atoms with van der Waals surface area (Å²) in [5, 5.41) is 2.99. The Morgan fingerprint density at radius 1 is 1.10 bits per heavy atom. The summed E-state index contributed by atoms with van der Waals surface area (Å²) in [5.74, 6) is -0.239. The van der Waals surface area contributed by atoms with Crippen molar-refractivity contribution in [3.63, 3.8) is 0 Å². The number of amides is 2. The first-order chi connectivity index (χ1) is 14.9. The van der Waals surface area contributed by atoms with Crippen molar-refractivity contribution in [1.29, 1.82) is 0 Å². The molecule has 0 aliphatic carbocycles. The zero-order valence-corrected chi connectivity index (χ0v) is 18.0. The van der Waals surface area contributed by atoms with E-state index in [2.05, 4.69) is 10.3 Å². The number of anilines is 2. The minimum absolute atomic E-state index is 0.120. The van der Waals surface area contributed by atoms with E-state index in [1.807, 2.05) is 74.4 Å². The predicted molar refractivity (Wildman–Crippen MR) is 122 cm³/mol. The highest BCUT2D eigenvalue weighted by Gasteiger charge is 2.39. The van der Waals surface area contributed by atoms with E-state index in [1.165, 1.54) is 0 Å². The quantitative estimate of drug-likeness (QED) is 0.665. The number of aromatic nitrogens is 1. The summed E-state index contributed by atoms with van der Waals surface area (Å²) in [6.45, 7) is 2.42. The van der Waals surface area contributed by atoms with Crippen molar-refractivity contribution in [1.82, 2.24) is 10.3 Å². The van der Waals surface area contributed by atoms with Gasteiger partial charge in [-0.15, -0.1) is 0 Å². The maximum Gasteiger partial charge on any atom is 0.260 e. The lowest BCUT2D eigenvalue weighted by Crippen LogP contribution is -2.33. The number of aryl methyl sites for hydroxylation is 1. The normalized spacial score (nSPS) is 15.0. The predicted octanol–water partition coefficient (Wildman–Crippen LogP) is 3.86. The number of rotatable bonds is 6. The van der Waals surface area contributed by atoms with E-state index in [0.29, 0.717) is 17.8 Å². The minimum atomic E-state index is -0.429. The van der Waals surface area contributed by atoms with E-state index in [0.717, 1.165) is 22.5 Å². The molecule has 31 heavy (non-hydrogen) atoms. The lowest BCUT2D eigenvalue weighted by Gasteiger charge is -2.25. The fraction of sp³-hybridized carbons (Fsp3) is 0.240. The molecule has 0 fully saturated rings. The summed E-state index contributed by atoms with van der Waals surface area (Å²) >= 11 is 0. The molecule has 3 aromatic rings. The van der Waals surface area contributed by atoms with Crippen LogP contribution in [0.3, 0.4) is 0 Å². The van der Waals surface area contributed by atoms with Gasteiger partial charge in [0, 0.05) is 38.2 Å². The fourth-order valence-corrected chi connectivity index (χ4v) is 3.88. The van der Waals surface area contributed by atoms with Gasteiger partial charge in [0.25, 0.3) is 5.91 Å². The molecule has 0 saturated heterocycles. The van der Waals surface area contributed by atoms with Gasteiger partial charge in [0.1, 0.15) is 0 Å². The van der Waals surface area contributed by atoms with Crippen LogP contribution in [-0.4, -0.2) is 30.9 Å². The van der Waals surface area contributed by atoms with Crippen molar-refractivity contribution in [2.75, 3.05) is 23.9 Å². The number of fused-ring (bicyclic) bond motifs is 1. The summed E-state index contributed by atoms with van der Waals surface area (Å²) in [5.41, 5.74) is 5.17. The largest absolute Gasteiger partial charge is 0.378 e. The fourth-order valence-electron chi connectivity index (χ4n) is 3.88. The van der Waals surface area contributed by atoms with Gasteiger partial charge >= 0.3 is 0 Å². The van der Waals surface area contributed by atoms with Gasteiger partial charge in [-0.05, 0) is 54.4 Å². The van der Waals surface area contributed by atoms with E-state index in [-0.39, 0.29) is 18.2 Å². The second-order valence-electron chi connectivity index (χ2n) is 8.01. The second kappa shape index (κ2) is 8.60. The van der Waals surface area contributed by atoms with E-state index < -0.39 is 6.04 Å². The van der Waals surface area contributed by atoms with Crippen LogP contribution >= 0.6 is 0 Å². The van der Waals surface area contributed by atoms with Gasteiger partial charge in [0.05, 0.1) is 23.7 Å². The first-order valence-electron chi connectivity index (χ1n) is 10.3. The number of carbonyl (C=O) groups is 2. The van der Waals surface area contributed by atoms with Crippen LogP contribution in [0.25, 0.3) is 0 Å². The van der Waals surface area contributed by atoms with Gasteiger partial charge < -0.3 is 10.2 Å². The van der Waals surface area contributed by atoms with Crippen LogP contribution in [0.15, 0.2) is 66.9 Å². The summed E-state index contributed by atoms with van der Waals surface area (Å²) in [7, 11) is 3.98. The monoisotopic (exact) mass is 414 g/mol. The van der Waals surface area contributed by atoms with Gasteiger partial charge in [-0.25, -0.2) is 0 Å². The molecule has 1 aromatic heterocycles. The number of pyridine rings is 1.